The van der Waals surface area contributed by atoms with Gasteiger partial charge in [-0.3, -0.25) is 38.6 Å². The van der Waals surface area contributed by atoms with Gasteiger partial charge in [0.1, 0.15) is 35.2 Å². The van der Waals surface area contributed by atoms with Gasteiger partial charge in [0.25, 0.3) is 5.91 Å². The number of piperazine rings is 1. The number of ether oxygens (including phenoxy) is 2. The number of likely N-dealkylation sites (N-methyl/N-ethyl adjacent to an activating group) is 1. The third kappa shape index (κ3) is 13.6. The van der Waals surface area contributed by atoms with E-state index in [0.717, 1.165) is 49.0 Å². The maximum absolute atomic E-state index is 15.0. The fraction of sp³-hybridized carbons (Fsp3) is 0.500. The first-order valence-corrected chi connectivity index (χ1v) is 28.2. The van der Waals surface area contributed by atoms with E-state index in [2.05, 4.69) is 55.5 Å². The van der Waals surface area contributed by atoms with E-state index in [-0.39, 0.29) is 80.7 Å². The van der Waals surface area contributed by atoms with Crippen LogP contribution in [0.1, 0.15) is 87.2 Å². The fourth-order valence-corrected chi connectivity index (χ4v) is 11.8. The molecule has 21 heteroatoms. The number of morpholine rings is 1. The molecule has 3 saturated heterocycles. The summed E-state index contributed by atoms with van der Waals surface area (Å²) in [5.41, 5.74) is 2.44. The number of nitrogens with zero attached hydrogens (tertiary/aromatic N) is 4. The third-order valence-corrected chi connectivity index (χ3v) is 16.7. The lowest BCUT2D eigenvalue weighted by molar-refractivity contribution is -0.144. The Morgan fingerprint density at radius 2 is 1.60 bits per heavy atom. The number of benzene rings is 4. The van der Waals surface area contributed by atoms with Crippen molar-refractivity contribution in [2.75, 3.05) is 94.8 Å². The molecule has 6 N–H and O–H groups in total. The van der Waals surface area contributed by atoms with Crippen LogP contribution in [0.2, 0.25) is 0 Å². The van der Waals surface area contributed by atoms with E-state index < -0.39 is 64.5 Å². The lowest BCUT2D eigenvalue weighted by Crippen LogP contribution is -2.62. The second-order valence-corrected chi connectivity index (χ2v) is 22.5. The predicted molar refractivity (Wildman–Crippen MR) is 300 cm³/mol. The molecule has 5 aliphatic rings. The Hall–Kier alpha value is -6.75. The number of nitrogens with one attached hydrogen (secondary N) is 6. The van der Waals surface area contributed by atoms with Gasteiger partial charge in [0, 0.05) is 94.9 Å². The summed E-state index contributed by atoms with van der Waals surface area (Å²) in [7, 11) is 1.62. The molecule has 3 fully saturated rings. The van der Waals surface area contributed by atoms with Crippen LogP contribution in [-0.2, 0) is 56.6 Å². The van der Waals surface area contributed by atoms with E-state index in [1.54, 1.807) is 49.2 Å². The van der Waals surface area contributed by atoms with Crippen LogP contribution in [0.4, 0.5) is 30.2 Å². The zero-order chi connectivity index (χ0) is 57.5. The lowest BCUT2D eigenvalue weighted by atomic mass is 9.83. The molecule has 5 aliphatic heterocycles. The van der Waals surface area contributed by atoms with Gasteiger partial charge >= 0.3 is 0 Å². The van der Waals surface area contributed by atoms with Crippen molar-refractivity contribution in [1.82, 2.24) is 36.0 Å². The summed E-state index contributed by atoms with van der Waals surface area (Å²) in [5.74, 6) is -5.44. The molecule has 18 nitrogen and oxygen atoms in total. The topological polar surface area (TPSA) is 206 Å². The number of fused-ring (bicyclic) bond motifs is 2. The number of amides is 6. The molecule has 5 heterocycles. The second kappa shape index (κ2) is 26.0. The van der Waals surface area contributed by atoms with Crippen LogP contribution < -0.4 is 36.8 Å². The van der Waals surface area contributed by atoms with Crippen LogP contribution in [0, 0.1) is 23.4 Å². The molecule has 7 atom stereocenters. The molecule has 0 aliphatic carbocycles. The Bertz CT molecular complexity index is 2940. The molecule has 434 valence electrons. The summed E-state index contributed by atoms with van der Waals surface area (Å²) < 4.78 is 55.1. The molecule has 0 bridgehead atoms. The Morgan fingerprint density at radius 3 is 2.33 bits per heavy atom. The van der Waals surface area contributed by atoms with E-state index in [1.807, 2.05) is 25.1 Å². The fourth-order valence-electron chi connectivity index (χ4n) is 11.8. The lowest BCUT2D eigenvalue weighted by Gasteiger charge is -2.43. The largest absolute Gasteiger partial charge is 0.381 e. The molecule has 4 aromatic rings. The van der Waals surface area contributed by atoms with E-state index in [1.165, 1.54) is 17.0 Å². The Kier molecular flexibility index (Phi) is 18.9. The normalized spacial score (nSPS) is 23.0. The van der Waals surface area contributed by atoms with Gasteiger partial charge in [0.2, 0.25) is 29.5 Å². The van der Waals surface area contributed by atoms with Crippen molar-refractivity contribution in [2.24, 2.45) is 5.92 Å². The predicted octanol–water partition coefficient (Wildman–Crippen LogP) is 4.76. The number of rotatable bonds is 19. The molecule has 1 unspecified atom stereocenters. The van der Waals surface area contributed by atoms with Crippen molar-refractivity contribution in [2.45, 2.75) is 108 Å². The molecule has 9 rings (SSSR count). The highest BCUT2D eigenvalue weighted by Gasteiger charge is 2.48. The van der Waals surface area contributed by atoms with Crippen molar-refractivity contribution >= 4 is 52.5 Å². The molecule has 4 aromatic carbocycles. The quantitative estimate of drug-likeness (QED) is 0.0704. The van der Waals surface area contributed by atoms with Crippen molar-refractivity contribution < 1.29 is 51.4 Å². The van der Waals surface area contributed by atoms with Crippen molar-refractivity contribution in [3.8, 4) is 0 Å². The molecule has 0 aromatic heterocycles. The molecular weight excluding hydrogens is 1050 g/mol. The van der Waals surface area contributed by atoms with E-state index >= 15 is 0 Å². The van der Waals surface area contributed by atoms with E-state index in [4.69, 9.17) is 9.47 Å². The summed E-state index contributed by atoms with van der Waals surface area (Å²) in [5, 5.41) is 17.6. The Labute approximate surface area is 471 Å². The first-order chi connectivity index (χ1) is 38.9. The Morgan fingerprint density at radius 1 is 0.864 bits per heavy atom. The zero-order valence-electron chi connectivity index (χ0n) is 46.8. The van der Waals surface area contributed by atoms with Crippen molar-refractivity contribution in [3.05, 3.63) is 124 Å². The average Bonchev–Trinajstić information content (AvgIpc) is 4.20. The molecule has 0 spiro atoms. The highest BCUT2D eigenvalue weighted by Crippen LogP contribution is 2.43. The van der Waals surface area contributed by atoms with Gasteiger partial charge in [-0.2, -0.15) is 0 Å². The summed E-state index contributed by atoms with van der Waals surface area (Å²) >= 11 is 0. The maximum atomic E-state index is 15.0. The number of hydrogen-bond donors (Lipinski definition) is 6. The van der Waals surface area contributed by atoms with Crippen LogP contribution in [0.25, 0.3) is 0 Å². The minimum absolute atomic E-state index is 0.0197. The number of carbonyl (C=O) groups excluding carboxylic acids is 6. The highest BCUT2D eigenvalue weighted by atomic mass is 19.1. The zero-order valence-corrected chi connectivity index (χ0v) is 46.8. The SMILES string of the molecule is CN[C@@H](C)C(=O)N[C@H](C(=O)N1Cc2ccc(NC(=O)CCCNC(=O)C3(C)CN(C(=O)CN4C[C@@H](C)NC[C@@H]4CN4CCOC[C@H]4C)c4cc(Cc5ccc(F)cc5)ccc43)cc2[C@H]1C(=O)Nc1c(F)cccc1F)C1CCOCC1. The standard InChI is InChI=1S/C60H75F3N10O8/c1-36-30-71(45(29-66-36)32-70-22-25-81-34-37(70)2)33-52(75)73-35-60(4,47-18-13-40(27-50(47)73)26-39-11-15-43(61)16-12-39)59(79)65-21-7-10-51(74)67-44-17-14-42-31-72(55(46(42)28-44)57(77)69-54-48(62)8-6-9-49(54)63)58(78)53(41-19-23-80-24-20-41)68-56(76)38(3)64-5/h6,8-9,11-18,27-28,36-38,41,45,53,55,64,66H,7,10,19-26,29-35H2,1-5H3,(H,65,79)(H,67,74)(H,68,76)(H,69,77)/t36-,37-,38+,45-,53+,55+,60?/m1/s1. The van der Waals surface area contributed by atoms with Crippen molar-refractivity contribution in [3.63, 3.8) is 0 Å². The first-order valence-electron chi connectivity index (χ1n) is 28.2. The van der Waals surface area contributed by atoms with Crippen molar-refractivity contribution in [1.29, 1.82) is 0 Å². The number of carbonyl (C=O) groups is 6. The van der Waals surface area contributed by atoms with Gasteiger partial charge in [-0.05, 0) is 137 Å². The molecule has 0 radical (unpaired) electrons. The Balaban J connectivity index is 0.879. The monoisotopic (exact) mass is 1120 g/mol. The number of halogens is 3. The van der Waals surface area contributed by atoms with Crippen LogP contribution in [-0.4, -0.2) is 160 Å². The minimum atomic E-state index is -1.42. The summed E-state index contributed by atoms with van der Waals surface area (Å²) in [4.78, 5) is 92.9. The number of anilines is 3. The van der Waals surface area contributed by atoms with Gasteiger partial charge in [-0.25, -0.2) is 13.2 Å². The molecule has 81 heavy (non-hydrogen) atoms. The second-order valence-electron chi connectivity index (χ2n) is 22.5. The third-order valence-electron chi connectivity index (χ3n) is 16.7. The molecular formula is C60H75F3N10O8. The van der Waals surface area contributed by atoms with Crippen LogP contribution in [0.15, 0.2) is 78.9 Å². The van der Waals surface area contributed by atoms with Crippen LogP contribution >= 0.6 is 0 Å². The molecule has 6 amide bonds. The smallest absolute Gasteiger partial charge is 0.252 e. The van der Waals surface area contributed by atoms with Crippen LogP contribution in [0.5, 0.6) is 0 Å². The summed E-state index contributed by atoms with van der Waals surface area (Å²) in [6.07, 6.45) is 1.63. The maximum Gasteiger partial charge on any atom is 0.252 e. The van der Waals surface area contributed by atoms with Gasteiger partial charge < -0.3 is 51.2 Å². The number of para-hydroxylation sites is 1. The summed E-state index contributed by atoms with van der Waals surface area (Å²) in [6, 6.07) is 17.5. The van der Waals surface area contributed by atoms with Gasteiger partial charge in [0.15, 0.2) is 0 Å². The summed E-state index contributed by atoms with van der Waals surface area (Å²) in [6.45, 7) is 13.1. The first kappa shape index (κ1) is 58.9. The molecule has 0 saturated carbocycles. The van der Waals surface area contributed by atoms with E-state index in [9.17, 15) is 41.9 Å². The highest BCUT2D eigenvalue weighted by molar-refractivity contribution is 6.03. The van der Waals surface area contributed by atoms with Gasteiger partial charge in [-0.15, -0.1) is 0 Å². The average molecular weight is 1120 g/mol. The van der Waals surface area contributed by atoms with Crippen LogP contribution in [0.3, 0.4) is 0 Å². The number of hydrogen-bond acceptors (Lipinski definition) is 12. The van der Waals surface area contributed by atoms with E-state index in [0.29, 0.717) is 80.3 Å². The van der Waals surface area contributed by atoms with Gasteiger partial charge in [0.05, 0.1) is 31.2 Å². The minimum Gasteiger partial charge on any atom is -0.381 e. The van der Waals surface area contributed by atoms with Gasteiger partial charge in [-0.1, -0.05) is 36.4 Å².